The highest BCUT2D eigenvalue weighted by Crippen LogP contribution is 2.51. The van der Waals surface area contributed by atoms with Gasteiger partial charge in [-0.1, -0.05) is 0 Å². The molecule has 6 rings (SSSR count). The van der Waals surface area contributed by atoms with Gasteiger partial charge >= 0.3 is 0 Å². The Kier molecular flexibility index (Phi) is 6.74. The van der Waals surface area contributed by atoms with E-state index in [1.165, 1.54) is 24.1 Å². The summed E-state index contributed by atoms with van der Waals surface area (Å²) in [6.07, 6.45) is 0.185. The number of primary amides is 1. The number of aliphatic hydroxyl groups is 1. The van der Waals surface area contributed by atoms with E-state index in [0.29, 0.717) is 11.3 Å². The molecule has 0 spiro atoms. The summed E-state index contributed by atoms with van der Waals surface area (Å²) in [4.78, 5) is 75.4. The van der Waals surface area contributed by atoms with Crippen LogP contribution in [0.3, 0.4) is 0 Å². The zero-order valence-electron chi connectivity index (χ0n) is 24.7. The molecule has 1 aromatic heterocycles. The molecular weight excluding hydrogens is 575 g/mol. The van der Waals surface area contributed by atoms with Crippen molar-refractivity contribution in [2.24, 2.45) is 29.4 Å². The van der Waals surface area contributed by atoms with Crippen molar-refractivity contribution in [3.05, 3.63) is 41.2 Å². The van der Waals surface area contributed by atoms with E-state index in [2.05, 4.69) is 4.98 Å². The van der Waals surface area contributed by atoms with E-state index < -0.39 is 70.2 Å². The summed E-state index contributed by atoms with van der Waals surface area (Å²) in [5, 5.41) is 11.8. The summed E-state index contributed by atoms with van der Waals surface area (Å²) >= 11 is 0. The number of nitrogens with zero attached hydrogens (tertiary/aromatic N) is 3. The first kappa shape index (κ1) is 29.6. The number of hydrogen-bond acceptors (Lipinski definition) is 11. The zero-order chi connectivity index (χ0) is 32.0. The number of anilines is 1. The maximum absolute atomic E-state index is 14.5. The van der Waals surface area contributed by atoms with Gasteiger partial charge in [-0.2, -0.15) is 0 Å². The summed E-state index contributed by atoms with van der Waals surface area (Å²) in [7, 11) is 8.00. The highest BCUT2D eigenvalue weighted by molar-refractivity contribution is 6.32. The van der Waals surface area contributed by atoms with Crippen LogP contribution < -0.4 is 15.4 Å². The van der Waals surface area contributed by atoms with E-state index in [-0.39, 0.29) is 46.7 Å². The Morgan fingerprint density at radius 3 is 2.43 bits per heavy atom. The number of halogens is 1. The second kappa shape index (κ2) is 10.0. The molecule has 2 saturated carbocycles. The second-order valence-corrected chi connectivity index (χ2v) is 12.1. The van der Waals surface area contributed by atoms with Crippen LogP contribution in [0.15, 0.2) is 28.7 Å². The summed E-state index contributed by atoms with van der Waals surface area (Å²) < 4.78 is 25.5. The Morgan fingerprint density at radius 1 is 1.14 bits per heavy atom. The fourth-order valence-corrected chi connectivity index (χ4v) is 7.36. The van der Waals surface area contributed by atoms with Crippen molar-refractivity contribution in [2.75, 3.05) is 40.2 Å². The van der Waals surface area contributed by atoms with Gasteiger partial charge in [0.2, 0.25) is 11.8 Å². The molecule has 2 unspecified atom stereocenters. The Morgan fingerprint density at radius 2 is 1.84 bits per heavy atom. The molecule has 2 aromatic carbocycles. The SMILES string of the molecule is COc1ccc(-c2nc3cc(N(C)C)c4c(c3o2)C(=O)C2C(=O)[C@]3(O)C(=O)C(C(N)=O)C(=O)[C@@H](N(C)C)[C@@H]3C[C@@H]2C4)cc1F. The molecule has 3 N–H and O–H groups in total. The summed E-state index contributed by atoms with van der Waals surface area (Å²) in [6, 6.07) is 4.74. The van der Waals surface area contributed by atoms with Crippen molar-refractivity contribution in [2.45, 2.75) is 24.5 Å². The van der Waals surface area contributed by atoms with Crippen LogP contribution in [0.4, 0.5) is 10.1 Å². The molecule has 0 radical (unpaired) electrons. The zero-order valence-corrected chi connectivity index (χ0v) is 24.7. The van der Waals surface area contributed by atoms with Crippen LogP contribution in [0.2, 0.25) is 0 Å². The van der Waals surface area contributed by atoms with E-state index >= 15 is 0 Å². The molecule has 1 amide bonds. The first-order valence-corrected chi connectivity index (χ1v) is 14.0. The molecule has 2 fully saturated rings. The lowest BCUT2D eigenvalue weighted by molar-refractivity contribution is -0.181. The highest BCUT2D eigenvalue weighted by atomic mass is 19.1. The van der Waals surface area contributed by atoms with Gasteiger partial charge in [0, 0.05) is 31.3 Å². The fourth-order valence-electron chi connectivity index (χ4n) is 7.36. The standard InChI is InChI=1S/C31H31FN4O8/c1-35(2)18-11-17-26(44-30(34-17)12-6-7-19(43-5)16(32)10-12)21-14(18)8-13-9-15-23(36(3)4)25(38)22(29(33)41)28(40)31(15,42)27(39)20(13)24(21)37/h6-7,10-11,13,15,20,22-23,42H,8-9H2,1-5H3,(H2,33,41)/t13-,15-,20?,22?,23-,31-/m0/s1. The average molecular weight is 607 g/mol. The normalized spacial score (nSPS) is 28.1. The third-order valence-corrected chi connectivity index (χ3v) is 9.30. The number of amides is 1. The topological polar surface area (TPSA) is 173 Å². The molecule has 12 nitrogen and oxygen atoms in total. The lowest BCUT2D eigenvalue weighted by atomic mass is 9.52. The number of carbonyl (C=O) groups is 5. The van der Waals surface area contributed by atoms with Gasteiger partial charge in [0.05, 0.1) is 24.6 Å². The van der Waals surface area contributed by atoms with Crippen molar-refractivity contribution in [1.29, 1.82) is 0 Å². The molecule has 230 valence electrons. The van der Waals surface area contributed by atoms with Crippen LogP contribution in [0.5, 0.6) is 5.75 Å². The molecule has 0 saturated heterocycles. The van der Waals surface area contributed by atoms with Gasteiger partial charge in [-0.15, -0.1) is 0 Å². The number of benzene rings is 2. The molecule has 3 aliphatic carbocycles. The molecule has 1 heterocycles. The Bertz CT molecular complexity index is 1800. The van der Waals surface area contributed by atoms with Crippen LogP contribution >= 0.6 is 0 Å². The van der Waals surface area contributed by atoms with Crippen molar-refractivity contribution in [3.63, 3.8) is 0 Å². The molecule has 3 aliphatic rings. The molecule has 13 heteroatoms. The van der Waals surface area contributed by atoms with Gasteiger partial charge in [-0.3, -0.25) is 28.9 Å². The number of nitrogens with two attached hydrogens (primary N) is 1. The second-order valence-electron chi connectivity index (χ2n) is 12.1. The molecule has 6 atom stereocenters. The Hall–Kier alpha value is -4.49. The average Bonchev–Trinajstić information content (AvgIpc) is 3.38. The minimum Gasteiger partial charge on any atom is -0.494 e. The van der Waals surface area contributed by atoms with Gasteiger partial charge < -0.3 is 24.9 Å². The molecule has 0 bridgehead atoms. The van der Waals surface area contributed by atoms with E-state index in [0.717, 1.165) is 0 Å². The molecule has 44 heavy (non-hydrogen) atoms. The van der Waals surface area contributed by atoms with Gasteiger partial charge in [0.15, 0.2) is 51.8 Å². The van der Waals surface area contributed by atoms with Crippen molar-refractivity contribution in [3.8, 4) is 17.2 Å². The molecule has 3 aromatic rings. The smallest absolute Gasteiger partial charge is 0.235 e. The van der Waals surface area contributed by atoms with E-state index in [9.17, 15) is 33.5 Å². The number of fused-ring (bicyclic) bond motifs is 5. The Balaban J connectivity index is 1.52. The lowest BCUT2D eigenvalue weighted by Gasteiger charge is -2.52. The number of aromatic nitrogens is 1. The van der Waals surface area contributed by atoms with Crippen LogP contribution in [-0.2, 0) is 25.6 Å². The van der Waals surface area contributed by atoms with Crippen molar-refractivity contribution < 1.29 is 42.6 Å². The highest BCUT2D eigenvalue weighted by Gasteiger charge is 2.69. The number of carbonyl (C=O) groups excluding carboxylic acids is 5. The predicted octanol–water partition coefficient (Wildman–Crippen LogP) is 1.18. The van der Waals surface area contributed by atoms with Gasteiger partial charge in [0.25, 0.3) is 0 Å². The van der Waals surface area contributed by atoms with Crippen molar-refractivity contribution >= 4 is 45.8 Å². The quantitative estimate of drug-likeness (QED) is 0.399. The monoisotopic (exact) mass is 606 g/mol. The number of hydrogen-bond donors (Lipinski definition) is 2. The van der Waals surface area contributed by atoms with Gasteiger partial charge in [-0.05, 0) is 62.7 Å². The summed E-state index contributed by atoms with van der Waals surface area (Å²) in [5.74, 6) is -11.0. The third-order valence-electron chi connectivity index (χ3n) is 9.30. The number of ether oxygens (including phenoxy) is 1. The van der Waals surface area contributed by atoms with Gasteiger partial charge in [-0.25, -0.2) is 9.37 Å². The van der Waals surface area contributed by atoms with E-state index in [1.54, 1.807) is 45.2 Å². The number of likely N-dealkylation sites (N-methyl/N-ethyl adjacent to an activating group) is 1. The maximum Gasteiger partial charge on any atom is 0.235 e. The summed E-state index contributed by atoms with van der Waals surface area (Å²) in [6.45, 7) is 0. The first-order valence-electron chi connectivity index (χ1n) is 14.0. The van der Waals surface area contributed by atoms with Gasteiger partial charge in [0.1, 0.15) is 5.52 Å². The van der Waals surface area contributed by atoms with Crippen LogP contribution in [0, 0.1) is 29.5 Å². The molecule has 0 aliphatic heterocycles. The van der Waals surface area contributed by atoms with Crippen LogP contribution in [0.25, 0.3) is 22.6 Å². The number of methoxy groups -OCH3 is 1. The van der Waals surface area contributed by atoms with Crippen LogP contribution in [0.1, 0.15) is 22.3 Å². The minimum atomic E-state index is -2.78. The van der Waals surface area contributed by atoms with Crippen LogP contribution in [-0.4, -0.2) is 91.0 Å². The van der Waals surface area contributed by atoms with E-state index in [1.807, 2.05) is 0 Å². The number of Topliss-reactive ketones (excluding diaryl/α,β-unsaturated/α-hetero) is 4. The largest absolute Gasteiger partial charge is 0.494 e. The van der Waals surface area contributed by atoms with E-state index in [4.69, 9.17) is 14.9 Å². The summed E-state index contributed by atoms with van der Waals surface area (Å²) in [5.41, 5.74) is 4.57. The maximum atomic E-state index is 14.5. The number of ketones is 4. The predicted molar refractivity (Wildman–Crippen MR) is 154 cm³/mol. The number of oxazole rings is 1. The first-order chi connectivity index (χ1) is 20.7. The fraction of sp³-hybridized carbons (Fsp3) is 0.419. The Labute approximate surface area is 250 Å². The van der Waals surface area contributed by atoms with Crippen molar-refractivity contribution in [1.82, 2.24) is 9.88 Å². The minimum absolute atomic E-state index is 0.0123. The number of rotatable bonds is 5. The molecular formula is C31H31FN4O8. The lowest BCUT2D eigenvalue weighted by Crippen LogP contribution is -2.74. The third kappa shape index (κ3) is 3.95.